The minimum atomic E-state index is -0.532. The van der Waals surface area contributed by atoms with Gasteiger partial charge in [0, 0.05) is 18.5 Å². The van der Waals surface area contributed by atoms with Crippen LogP contribution in [0.1, 0.15) is 21.5 Å². The van der Waals surface area contributed by atoms with Crippen molar-refractivity contribution in [3.05, 3.63) is 65.2 Å². The van der Waals surface area contributed by atoms with Gasteiger partial charge in [-0.3, -0.25) is 9.59 Å². The van der Waals surface area contributed by atoms with E-state index in [1.807, 2.05) is 42.5 Å². The molecule has 0 aromatic heterocycles. The number of carbonyl (C=O) groups is 2. The molecular weight excluding hydrogens is 292 g/mol. The number of fused-ring (bicyclic) bond motifs is 1. The van der Waals surface area contributed by atoms with Gasteiger partial charge in [-0.2, -0.15) is 0 Å². The van der Waals surface area contributed by atoms with E-state index in [9.17, 15) is 9.59 Å². The molecule has 118 valence electrons. The lowest BCUT2D eigenvalue weighted by atomic mass is 9.95. The first-order valence-corrected chi connectivity index (χ1v) is 7.47. The van der Waals surface area contributed by atoms with Crippen LogP contribution in [0.25, 0.3) is 0 Å². The molecule has 1 atom stereocenters. The van der Waals surface area contributed by atoms with Crippen LogP contribution in [-0.2, 0) is 17.8 Å². The average Bonchev–Trinajstić information content (AvgIpc) is 2.60. The first-order chi connectivity index (χ1) is 11.2. The maximum atomic E-state index is 12.3. The Balaban J connectivity index is 1.61. The molecule has 2 aromatic carbocycles. The number of nitrogens with one attached hydrogen (secondary N) is 2. The van der Waals surface area contributed by atoms with E-state index in [0.717, 1.165) is 16.9 Å². The van der Waals surface area contributed by atoms with Gasteiger partial charge in [-0.15, -0.1) is 0 Å². The van der Waals surface area contributed by atoms with E-state index in [1.165, 1.54) is 0 Å². The lowest BCUT2D eigenvalue weighted by Gasteiger charge is -2.24. The number of ether oxygens (including phenoxy) is 1. The summed E-state index contributed by atoms with van der Waals surface area (Å²) in [7, 11) is 1.61. The Kier molecular flexibility index (Phi) is 4.28. The zero-order valence-corrected chi connectivity index (χ0v) is 12.8. The molecule has 1 heterocycles. The van der Waals surface area contributed by atoms with Crippen molar-refractivity contribution in [2.45, 2.75) is 19.0 Å². The summed E-state index contributed by atoms with van der Waals surface area (Å²) in [5.74, 6) is 0.399. The first kappa shape index (κ1) is 15.1. The number of benzene rings is 2. The lowest BCUT2D eigenvalue weighted by molar-refractivity contribution is -0.123. The van der Waals surface area contributed by atoms with Crippen molar-refractivity contribution in [3.63, 3.8) is 0 Å². The zero-order valence-electron chi connectivity index (χ0n) is 12.8. The van der Waals surface area contributed by atoms with Crippen molar-refractivity contribution in [1.82, 2.24) is 10.6 Å². The molecule has 0 saturated carbocycles. The predicted molar refractivity (Wildman–Crippen MR) is 86.2 cm³/mol. The van der Waals surface area contributed by atoms with E-state index in [4.69, 9.17) is 4.74 Å². The fraction of sp³-hybridized carbons (Fsp3) is 0.222. The van der Waals surface area contributed by atoms with Gasteiger partial charge in [0.2, 0.25) is 5.91 Å². The van der Waals surface area contributed by atoms with E-state index in [-0.39, 0.29) is 11.8 Å². The van der Waals surface area contributed by atoms with Gasteiger partial charge in [0.25, 0.3) is 5.91 Å². The van der Waals surface area contributed by atoms with Gasteiger partial charge in [0.1, 0.15) is 11.8 Å². The van der Waals surface area contributed by atoms with Crippen molar-refractivity contribution >= 4 is 11.8 Å². The van der Waals surface area contributed by atoms with Crippen molar-refractivity contribution in [1.29, 1.82) is 0 Å². The molecule has 23 heavy (non-hydrogen) atoms. The van der Waals surface area contributed by atoms with Gasteiger partial charge in [0.05, 0.1) is 7.11 Å². The maximum absolute atomic E-state index is 12.3. The van der Waals surface area contributed by atoms with Crippen LogP contribution >= 0.6 is 0 Å². The van der Waals surface area contributed by atoms with Crippen molar-refractivity contribution < 1.29 is 14.3 Å². The topological polar surface area (TPSA) is 67.4 Å². The van der Waals surface area contributed by atoms with Gasteiger partial charge < -0.3 is 15.4 Å². The van der Waals surface area contributed by atoms with Gasteiger partial charge in [0.15, 0.2) is 0 Å². The Morgan fingerprint density at radius 2 is 1.96 bits per heavy atom. The van der Waals surface area contributed by atoms with E-state index in [1.54, 1.807) is 13.2 Å². The van der Waals surface area contributed by atoms with Crippen molar-refractivity contribution in [2.75, 3.05) is 7.11 Å². The Labute approximate surface area is 134 Å². The molecule has 1 aliphatic rings. The summed E-state index contributed by atoms with van der Waals surface area (Å²) in [6.07, 6.45) is 0.510. The monoisotopic (exact) mass is 310 g/mol. The molecule has 0 radical (unpaired) electrons. The molecular formula is C18H18N2O3. The minimum absolute atomic E-state index is 0.177. The smallest absolute Gasteiger partial charge is 0.252 e. The molecule has 5 nitrogen and oxygen atoms in total. The molecule has 0 fully saturated rings. The Bertz CT molecular complexity index is 725. The van der Waals surface area contributed by atoms with Gasteiger partial charge in [-0.25, -0.2) is 0 Å². The summed E-state index contributed by atoms with van der Waals surface area (Å²) in [4.78, 5) is 24.3. The summed E-state index contributed by atoms with van der Waals surface area (Å²) in [5, 5.41) is 5.62. The predicted octanol–water partition coefficient (Wildman–Crippen LogP) is 1.67. The average molecular weight is 310 g/mol. The van der Waals surface area contributed by atoms with Gasteiger partial charge in [-0.1, -0.05) is 30.3 Å². The minimum Gasteiger partial charge on any atom is -0.497 e. The first-order valence-electron chi connectivity index (χ1n) is 7.47. The number of carbonyl (C=O) groups excluding carboxylic acids is 2. The maximum Gasteiger partial charge on any atom is 0.252 e. The third-order valence-corrected chi connectivity index (χ3v) is 3.93. The van der Waals surface area contributed by atoms with Crippen LogP contribution in [0.4, 0.5) is 0 Å². The molecule has 1 aliphatic heterocycles. The number of hydrogen-bond donors (Lipinski definition) is 2. The number of methoxy groups -OCH3 is 1. The Morgan fingerprint density at radius 1 is 1.22 bits per heavy atom. The molecule has 2 amide bonds. The highest BCUT2D eigenvalue weighted by Gasteiger charge is 2.28. The SMILES string of the molecule is COc1ccc(CNC(=O)C2Cc3ccccc3C(=O)N2)cc1. The van der Waals surface area contributed by atoms with E-state index in [0.29, 0.717) is 18.5 Å². The highest BCUT2D eigenvalue weighted by atomic mass is 16.5. The molecule has 0 aliphatic carbocycles. The number of hydrogen-bond acceptors (Lipinski definition) is 3. The summed E-state index contributed by atoms with van der Waals surface area (Å²) in [5.41, 5.74) is 2.52. The van der Waals surface area contributed by atoms with Gasteiger partial charge >= 0.3 is 0 Å². The molecule has 1 unspecified atom stereocenters. The van der Waals surface area contributed by atoms with Crippen LogP contribution < -0.4 is 15.4 Å². The third-order valence-electron chi connectivity index (χ3n) is 3.93. The zero-order chi connectivity index (χ0) is 16.2. The van der Waals surface area contributed by atoms with Crippen LogP contribution in [0.2, 0.25) is 0 Å². The molecule has 0 spiro atoms. The molecule has 5 heteroatoms. The van der Waals surface area contributed by atoms with Crippen LogP contribution in [0, 0.1) is 0 Å². The largest absolute Gasteiger partial charge is 0.497 e. The second-order valence-electron chi connectivity index (χ2n) is 5.45. The van der Waals surface area contributed by atoms with Crippen LogP contribution in [-0.4, -0.2) is 25.0 Å². The van der Waals surface area contributed by atoms with Crippen molar-refractivity contribution in [2.24, 2.45) is 0 Å². The fourth-order valence-corrected chi connectivity index (χ4v) is 2.64. The lowest BCUT2D eigenvalue weighted by Crippen LogP contribution is -2.50. The summed E-state index contributed by atoms with van der Waals surface area (Å²) in [6.45, 7) is 0.414. The third kappa shape index (κ3) is 3.34. The van der Waals surface area contributed by atoms with Crippen molar-refractivity contribution in [3.8, 4) is 5.75 Å². The molecule has 2 aromatic rings. The molecule has 0 bridgehead atoms. The van der Waals surface area contributed by atoms with Gasteiger partial charge in [-0.05, 0) is 29.3 Å². The van der Waals surface area contributed by atoms with Crippen LogP contribution in [0.5, 0.6) is 5.75 Å². The van der Waals surface area contributed by atoms with E-state index >= 15 is 0 Å². The molecule has 2 N–H and O–H groups in total. The second-order valence-corrected chi connectivity index (χ2v) is 5.45. The number of amides is 2. The summed E-state index contributed by atoms with van der Waals surface area (Å²) >= 11 is 0. The fourth-order valence-electron chi connectivity index (χ4n) is 2.64. The quantitative estimate of drug-likeness (QED) is 0.902. The van der Waals surface area contributed by atoms with E-state index < -0.39 is 6.04 Å². The molecule has 3 rings (SSSR count). The Hall–Kier alpha value is -2.82. The normalized spacial score (nSPS) is 16.2. The molecule has 0 saturated heterocycles. The van der Waals surface area contributed by atoms with E-state index in [2.05, 4.69) is 10.6 Å². The summed E-state index contributed by atoms with van der Waals surface area (Å²) < 4.78 is 5.10. The summed E-state index contributed by atoms with van der Waals surface area (Å²) in [6, 6.07) is 14.3. The highest BCUT2D eigenvalue weighted by Crippen LogP contribution is 2.16. The highest BCUT2D eigenvalue weighted by molar-refractivity contribution is 6.00. The Morgan fingerprint density at radius 3 is 2.70 bits per heavy atom. The van der Waals surface area contributed by atoms with Crippen LogP contribution in [0.3, 0.4) is 0 Å². The van der Waals surface area contributed by atoms with Crippen LogP contribution in [0.15, 0.2) is 48.5 Å². The number of rotatable bonds is 4. The standard InChI is InChI=1S/C18H18N2O3/c1-23-14-8-6-12(7-9-14)11-19-18(22)16-10-13-4-2-3-5-15(13)17(21)20-16/h2-9,16H,10-11H2,1H3,(H,19,22)(H,20,21). The second kappa shape index (κ2) is 6.52.